The molecule has 0 aromatic carbocycles. The van der Waals surface area contributed by atoms with Crippen LogP contribution < -0.4 is 5.73 Å². The third kappa shape index (κ3) is 1.73. The highest BCUT2D eigenvalue weighted by molar-refractivity contribution is 7.99. The number of nitrogen functional groups attached to an aromatic ring is 1. The lowest BCUT2D eigenvalue weighted by Gasteiger charge is -2.22. The van der Waals surface area contributed by atoms with Crippen molar-refractivity contribution in [1.29, 1.82) is 0 Å². The molecule has 1 aliphatic rings. The van der Waals surface area contributed by atoms with Crippen LogP contribution in [0.5, 0.6) is 0 Å². The van der Waals surface area contributed by atoms with E-state index in [2.05, 4.69) is 5.10 Å². The molecule has 3 nitrogen and oxygen atoms in total. The van der Waals surface area contributed by atoms with Crippen molar-refractivity contribution in [2.45, 2.75) is 25.8 Å². The quantitative estimate of drug-likeness (QED) is 0.808. The molecule has 5 heteroatoms. The normalized spacial score (nSPS) is 22.6. The fraction of sp³-hybridized carbons (Fsp3) is 0.667. The number of nitrogens with two attached hydrogens (primary N) is 1. The van der Waals surface area contributed by atoms with Gasteiger partial charge in [0.25, 0.3) is 0 Å². The molecule has 14 heavy (non-hydrogen) atoms. The van der Waals surface area contributed by atoms with Crippen LogP contribution in [-0.4, -0.2) is 21.3 Å². The third-order valence-electron chi connectivity index (χ3n) is 2.53. The molecule has 1 atom stereocenters. The molecule has 0 spiro atoms. The zero-order valence-electron chi connectivity index (χ0n) is 8.16. The first-order valence-corrected chi connectivity index (χ1v) is 6.31. The summed E-state index contributed by atoms with van der Waals surface area (Å²) in [5.74, 6) is 2.98. The van der Waals surface area contributed by atoms with Crippen LogP contribution in [0, 0.1) is 6.92 Å². The topological polar surface area (TPSA) is 43.8 Å². The van der Waals surface area contributed by atoms with Gasteiger partial charge in [-0.15, -0.1) is 0 Å². The van der Waals surface area contributed by atoms with E-state index < -0.39 is 0 Å². The van der Waals surface area contributed by atoms with Crippen molar-refractivity contribution in [3.05, 3.63) is 10.7 Å². The van der Waals surface area contributed by atoms with E-state index in [1.807, 2.05) is 23.4 Å². The molecule has 78 valence electrons. The van der Waals surface area contributed by atoms with Crippen molar-refractivity contribution in [2.75, 3.05) is 17.2 Å². The molecule has 0 radical (unpaired) electrons. The van der Waals surface area contributed by atoms with Crippen molar-refractivity contribution in [3.8, 4) is 0 Å². The highest BCUT2D eigenvalue weighted by atomic mass is 35.5. The van der Waals surface area contributed by atoms with Gasteiger partial charge in [-0.05, 0) is 25.5 Å². The van der Waals surface area contributed by atoms with Crippen molar-refractivity contribution in [1.82, 2.24) is 9.78 Å². The Morgan fingerprint density at radius 2 is 2.43 bits per heavy atom. The predicted molar refractivity (Wildman–Crippen MR) is 62.0 cm³/mol. The van der Waals surface area contributed by atoms with Gasteiger partial charge in [-0.25, -0.2) is 4.68 Å². The highest BCUT2D eigenvalue weighted by Crippen LogP contribution is 2.31. The summed E-state index contributed by atoms with van der Waals surface area (Å²) in [5, 5.41) is 4.99. The summed E-state index contributed by atoms with van der Waals surface area (Å²) in [6.45, 7) is 1.89. The average Bonchev–Trinajstić information content (AvgIpc) is 2.47. The lowest BCUT2D eigenvalue weighted by molar-refractivity contribution is 0.459. The Balaban J connectivity index is 2.26. The number of hydrogen-bond donors (Lipinski definition) is 1. The molecule has 1 aliphatic heterocycles. The van der Waals surface area contributed by atoms with Crippen LogP contribution in [0.25, 0.3) is 0 Å². The summed E-state index contributed by atoms with van der Waals surface area (Å²) in [6, 6.07) is 0.431. The molecular weight excluding hydrogens is 218 g/mol. The Kier molecular flexibility index (Phi) is 2.93. The number of nitrogens with zero attached hydrogens (tertiary/aromatic N) is 2. The molecular formula is C9H14ClN3S. The van der Waals surface area contributed by atoms with Gasteiger partial charge in [0.2, 0.25) is 0 Å². The molecule has 1 saturated heterocycles. The number of aromatic nitrogens is 2. The summed E-state index contributed by atoms with van der Waals surface area (Å²) in [6.07, 6.45) is 2.40. The van der Waals surface area contributed by atoms with Crippen LogP contribution in [0.2, 0.25) is 5.02 Å². The first kappa shape index (κ1) is 10.2. The van der Waals surface area contributed by atoms with E-state index in [0.717, 1.165) is 17.9 Å². The summed E-state index contributed by atoms with van der Waals surface area (Å²) in [5.41, 5.74) is 6.73. The van der Waals surface area contributed by atoms with E-state index >= 15 is 0 Å². The molecule has 1 unspecified atom stereocenters. The van der Waals surface area contributed by atoms with Gasteiger partial charge in [-0.3, -0.25) is 0 Å². The number of thioether (sulfide) groups is 1. The smallest absolute Gasteiger partial charge is 0.141 e. The first-order chi connectivity index (χ1) is 6.70. The maximum Gasteiger partial charge on any atom is 0.141 e. The van der Waals surface area contributed by atoms with Crippen LogP contribution in [-0.2, 0) is 0 Å². The van der Waals surface area contributed by atoms with E-state index in [9.17, 15) is 0 Å². The largest absolute Gasteiger partial charge is 0.383 e. The van der Waals surface area contributed by atoms with Gasteiger partial charge in [-0.2, -0.15) is 16.9 Å². The second-order valence-corrected chi connectivity index (χ2v) is 5.13. The maximum absolute atomic E-state index is 6.00. The summed E-state index contributed by atoms with van der Waals surface area (Å²) < 4.78 is 1.89. The predicted octanol–water partition coefficient (Wildman–Crippen LogP) is 2.50. The average molecular weight is 232 g/mol. The van der Waals surface area contributed by atoms with E-state index in [1.165, 1.54) is 12.2 Å². The fourth-order valence-corrected chi connectivity index (χ4v) is 2.98. The minimum Gasteiger partial charge on any atom is -0.383 e. The lowest BCUT2D eigenvalue weighted by atomic mass is 10.2. The van der Waals surface area contributed by atoms with Crippen LogP contribution in [0.1, 0.15) is 24.6 Å². The Bertz CT molecular complexity index is 331. The maximum atomic E-state index is 6.00. The number of hydrogen-bond acceptors (Lipinski definition) is 3. The van der Waals surface area contributed by atoms with Crippen LogP contribution in [0.15, 0.2) is 0 Å². The van der Waals surface area contributed by atoms with Gasteiger partial charge in [0, 0.05) is 5.75 Å². The standard InChI is InChI=1S/C9H14ClN3S/c1-6-8(10)9(11)13(12-6)7-3-2-4-14-5-7/h7H,2-5,11H2,1H3. The lowest BCUT2D eigenvalue weighted by Crippen LogP contribution is -2.19. The molecule has 1 aromatic rings. The SMILES string of the molecule is Cc1nn(C2CCCSC2)c(N)c1Cl. The number of rotatable bonds is 1. The molecule has 2 rings (SSSR count). The Labute approximate surface area is 93.0 Å². The summed E-state index contributed by atoms with van der Waals surface area (Å²) in [7, 11) is 0. The second-order valence-electron chi connectivity index (χ2n) is 3.60. The van der Waals surface area contributed by atoms with Crippen LogP contribution in [0.4, 0.5) is 5.82 Å². The van der Waals surface area contributed by atoms with Gasteiger partial charge >= 0.3 is 0 Å². The first-order valence-electron chi connectivity index (χ1n) is 4.78. The Morgan fingerprint density at radius 1 is 1.64 bits per heavy atom. The highest BCUT2D eigenvalue weighted by Gasteiger charge is 2.20. The van der Waals surface area contributed by atoms with Gasteiger partial charge in [-0.1, -0.05) is 11.6 Å². The van der Waals surface area contributed by atoms with Crippen molar-refractivity contribution in [2.24, 2.45) is 0 Å². The minimum atomic E-state index is 0.431. The minimum absolute atomic E-state index is 0.431. The number of anilines is 1. The monoisotopic (exact) mass is 231 g/mol. The zero-order chi connectivity index (χ0) is 10.1. The van der Waals surface area contributed by atoms with E-state index in [1.54, 1.807) is 0 Å². The van der Waals surface area contributed by atoms with Crippen LogP contribution in [0.3, 0.4) is 0 Å². The molecule has 1 fully saturated rings. The third-order valence-corrected chi connectivity index (χ3v) is 4.19. The van der Waals surface area contributed by atoms with E-state index in [0.29, 0.717) is 16.9 Å². The fourth-order valence-electron chi connectivity index (χ4n) is 1.74. The molecule has 2 heterocycles. The molecule has 1 aromatic heterocycles. The van der Waals surface area contributed by atoms with E-state index in [4.69, 9.17) is 17.3 Å². The van der Waals surface area contributed by atoms with Crippen LogP contribution >= 0.6 is 23.4 Å². The molecule has 0 saturated carbocycles. The Morgan fingerprint density at radius 3 is 2.93 bits per heavy atom. The van der Waals surface area contributed by atoms with Gasteiger partial charge in [0.05, 0.1) is 11.7 Å². The van der Waals surface area contributed by atoms with Crippen molar-refractivity contribution in [3.63, 3.8) is 0 Å². The van der Waals surface area contributed by atoms with E-state index in [-0.39, 0.29) is 0 Å². The summed E-state index contributed by atoms with van der Waals surface area (Å²) in [4.78, 5) is 0. The second kappa shape index (κ2) is 4.03. The number of aryl methyl sites for hydroxylation is 1. The molecule has 0 bridgehead atoms. The van der Waals surface area contributed by atoms with Gasteiger partial charge in [0.1, 0.15) is 10.8 Å². The molecule has 0 aliphatic carbocycles. The molecule has 2 N–H and O–H groups in total. The van der Waals surface area contributed by atoms with Gasteiger partial charge < -0.3 is 5.73 Å². The Hall–Kier alpha value is -0.350. The van der Waals surface area contributed by atoms with Crippen molar-refractivity contribution < 1.29 is 0 Å². The zero-order valence-corrected chi connectivity index (χ0v) is 9.74. The number of halogens is 1. The summed E-state index contributed by atoms with van der Waals surface area (Å²) >= 11 is 7.96. The van der Waals surface area contributed by atoms with Gasteiger partial charge in [0.15, 0.2) is 0 Å². The van der Waals surface area contributed by atoms with Crippen molar-refractivity contribution >= 4 is 29.2 Å². The molecule has 0 amide bonds.